The van der Waals surface area contributed by atoms with Gasteiger partial charge in [-0.2, -0.15) is 8.78 Å². The fourth-order valence-corrected chi connectivity index (χ4v) is 3.25. The molecule has 0 amide bonds. The van der Waals surface area contributed by atoms with Gasteiger partial charge in [-0.05, 0) is 29.8 Å². The first-order chi connectivity index (χ1) is 9.48. The second-order valence-electron chi connectivity index (χ2n) is 4.50. The fourth-order valence-electron chi connectivity index (χ4n) is 2.21. The van der Waals surface area contributed by atoms with Gasteiger partial charge in [0, 0.05) is 23.0 Å². The first-order valence-electron chi connectivity index (χ1n) is 5.85. The Morgan fingerprint density at radius 1 is 1.30 bits per heavy atom. The van der Waals surface area contributed by atoms with E-state index in [1.807, 2.05) is 0 Å². The number of aromatic nitrogens is 1. The van der Waals surface area contributed by atoms with Crippen LogP contribution in [0.3, 0.4) is 0 Å². The predicted octanol–water partition coefficient (Wildman–Crippen LogP) is 4.47. The van der Waals surface area contributed by atoms with Gasteiger partial charge in [-0.3, -0.25) is 4.98 Å². The maximum Gasteiger partial charge on any atom is 0.310 e. The first kappa shape index (κ1) is 13.9. The van der Waals surface area contributed by atoms with Crippen molar-refractivity contribution in [3.8, 4) is 0 Å². The Balaban J connectivity index is 2.10. The topological polar surface area (TPSA) is 25.4 Å². The van der Waals surface area contributed by atoms with Crippen LogP contribution in [0.2, 0.25) is 5.02 Å². The van der Waals surface area contributed by atoms with Gasteiger partial charge in [0.1, 0.15) is 0 Å². The zero-order chi connectivity index (χ0) is 14.4. The lowest BCUT2D eigenvalue weighted by atomic mass is 9.89. The van der Waals surface area contributed by atoms with Crippen molar-refractivity contribution in [3.63, 3.8) is 0 Å². The van der Waals surface area contributed by atoms with Crippen LogP contribution in [0.5, 0.6) is 0 Å². The Labute approximate surface area is 127 Å². The largest absolute Gasteiger partial charge is 0.342 e. The monoisotopic (exact) mass is 359 g/mol. The van der Waals surface area contributed by atoms with Crippen molar-refractivity contribution in [3.05, 3.63) is 64.9 Å². The Hall–Kier alpha value is -1.04. The summed E-state index contributed by atoms with van der Waals surface area (Å²) in [6.07, 6.45) is 2.60. The fraction of sp³-hybridized carbons (Fsp3) is 0.214. The van der Waals surface area contributed by atoms with Gasteiger partial charge in [0.25, 0.3) is 0 Å². The smallest absolute Gasteiger partial charge is 0.310 e. The molecule has 0 N–H and O–H groups in total. The SMILES string of the molecule is FC(F)(c1cccnc1)C1(c2cccc(Cl)c2)OC1Br. The third-order valence-corrected chi connectivity index (χ3v) is 4.36. The summed E-state index contributed by atoms with van der Waals surface area (Å²) in [6, 6.07) is 9.14. The number of hydrogen-bond acceptors (Lipinski definition) is 2. The van der Waals surface area contributed by atoms with Crippen LogP contribution in [0.1, 0.15) is 11.1 Å². The first-order valence-corrected chi connectivity index (χ1v) is 7.14. The maximum absolute atomic E-state index is 14.8. The van der Waals surface area contributed by atoms with Crippen LogP contribution in [0.25, 0.3) is 0 Å². The molecular formula is C14H9BrClF2NO. The number of alkyl halides is 3. The summed E-state index contributed by atoms with van der Waals surface area (Å²) in [4.78, 5) is 3.75. The Morgan fingerprint density at radius 2 is 2.05 bits per heavy atom. The molecule has 2 atom stereocenters. The van der Waals surface area contributed by atoms with Gasteiger partial charge < -0.3 is 4.74 Å². The molecule has 6 heteroatoms. The van der Waals surface area contributed by atoms with E-state index in [-0.39, 0.29) is 5.56 Å². The zero-order valence-electron chi connectivity index (χ0n) is 10.1. The summed E-state index contributed by atoms with van der Waals surface area (Å²) in [7, 11) is 0. The van der Waals surface area contributed by atoms with E-state index in [0.29, 0.717) is 10.6 Å². The standard InChI is InChI=1S/C14H9BrClF2NO/c15-12-13(20-12,9-3-1-5-11(16)7-9)14(17,18)10-4-2-6-19-8-10/h1-8,12H. The molecule has 0 radical (unpaired) electrons. The van der Waals surface area contributed by atoms with E-state index >= 15 is 0 Å². The molecule has 1 aromatic heterocycles. The summed E-state index contributed by atoms with van der Waals surface area (Å²) in [5.41, 5.74) is -1.61. The second kappa shape index (κ2) is 4.76. The van der Waals surface area contributed by atoms with Gasteiger partial charge in [0.2, 0.25) is 0 Å². The van der Waals surface area contributed by atoms with Crippen molar-refractivity contribution in [2.24, 2.45) is 0 Å². The van der Waals surface area contributed by atoms with E-state index in [1.54, 1.807) is 18.2 Å². The molecule has 2 nitrogen and oxygen atoms in total. The van der Waals surface area contributed by atoms with Crippen LogP contribution in [-0.4, -0.2) is 10.00 Å². The van der Waals surface area contributed by atoms with Crippen molar-refractivity contribution in [1.29, 1.82) is 0 Å². The molecule has 0 bridgehead atoms. The highest BCUT2D eigenvalue weighted by Gasteiger charge is 2.73. The van der Waals surface area contributed by atoms with Gasteiger partial charge >= 0.3 is 5.92 Å². The molecule has 0 spiro atoms. The number of halogens is 4. The van der Waals surface area contributed by atoms with Crippen LogP contribution in [0, 0.1) is 0 Å². The summed E-state index contributed by atoms with van der Waals surface area (Å²) < 4.78 is 34.9. The summed E-state index contributed by atoms with van der Waals surface area (Å²) in [6.45, 7) is 0. The predicted molar refractivity (Wildman–Crippen MR) is 75.1 cm³/mol. The molecule has 3 rings (SSSR count). The highest BCUT2D eigenvalue weighted by atomic mass is 79.9. The third kappa shape index (κ3) is 1.96. The van der Waals surface area contributed by atoms with Crippen molar-refractivity contribution < 1.29 is 13.5 Å². The van der Waals surface area contributed by atoms with Crippen LogP contribution in [-0.2, 0) is 16.3 Å². The molecular weight excluding hydrogens is 352 g/mol. The Kier molecular flexibility index (Phi) is 3.31. The van der Waals surface area contributed by atoms with Crippen molar-refractivity contribution in [2.45, 2.75) is 16.5 Å². The number of pyridine rings is 1. The molecule has 20 heavy (non-hydrogen) atoms. The Bertz CT molecular complexity index is 640. The molecule has 1 fully saturated rings. The lowest BCUT2D eigenvalue weighted by Crippen LogP contribution is -2.34. The number of benzene rings is 1. The number of nitrogens with zero attached hydrogens (tertiary/aromatic N) is 1. The average molecular weight is 361 g/mol. The Morgan fingerprint density at radius 3 is 2.60 bits per heavy atom. The molecule has 2 aromatic rings. The van der Waals surface area contributed by atoms with E-state index in [4.69, 9.17) is 16.3 Å². The van der Waals surface area contributed by atoms with Crippen molar-refractivity contribution in [2.75, 3.05) is 0 Å². The van der Waals surface area contributed by atoms with Gasteiger partial charge in [-0.15, -0.1) is 0 Å². The number of rotatable bonds is 3. The molecule has 104 valence electrons. The molecule has 0 aliphatic carbocycles. The van der Waals surface area contributed by atoms with E-state index in [0.717, 1.165) is 6.20 Å². The third-order valence-electron chi connectivity index (χ3n) is 3.30. The normalized spacial score (nSPS) is 25.5. The van der Waals surface area contributed by atoms with Crippen LogP contribution in [0.4, 0.5) is 8.78 Å². The highest BCUT2D eigenvalue weighted by Crippen LogP contribution is 2.62. The quantitative estimate of drug-likeness (QED) is 0.596. The van der Waals surface area contributed by atoms with E-state index < -0.39 is 16.5 Å². The lowest BCUT2D eigenvalue weighted by Gasteiger charge is -2.24. The average Bonchev–Trinajstić information content (AvgIpc) is 3.13. The van der Waals surface area contributed by atoms with Gasteiger partial charge in [0.15, 0.2) is 10.6 Å². The molecule has 1 saturated heterocycles. The molecule has 2 unspecified atom stereocenters. The molecule has 1 aliphatic rings. The number of hydrogen-bond donors (Lipinski definition) is 0. The molecule has 1 aromatic carbocycles. The molecule has 1 aliphatic heterocycles. The summed E-state index contributed by atoms with van der Waals surface area (Å²) >= 11 is 9.03. The highest BCUT2D eigenvalue weighted by molar-refractivity contribution is 9.09. The summed E-state index contributed by atoms with van der Waals surface area (Å²) in [5, 5.41) is -0.386. The van der Waals surface area contributed by atoms with Crippen molar-refractivity contribution in [1.82, 2.24) is 4.98 Å². The van der Waals surface area contributed by atoms with Gasteiger partial charge in [-0.1, -0.05) is 39.7 Å². The maximum atomic E-state index is 14.8. The van der Waals surface area contributed by atoms with Gasteiger partial charge in [0.05, 0.1) is 0 Å². The zero-order valence-corrected chi connectivity index (χ0v) is 12.4. The van der Waals surface area contributed by atoms with E-state index in [1.165, 1.54) is 24.4 Å². The summed E-state index contributed by atoms with van der Waals surface area (Å²) in [5.74, 6) is -3.22. The number of epoxide rings is 1. The minimum absolute atomic E-state index is 0.193. The van der Waals surface area contributed by atoms with E-state index in [2.05, 4.69) is 20.9 Å². The minimum Gasteiger partial charge on any atom is -0.342 e. The second-order valence-corrected chi connectivity index (χ2v) is 5.76. The van der Waals surface area contributed by atoms with E-state index in [9.17, 15) is 8.78 Å². The van der Waals surface area contributed by atoms with Gasteiger partial charge in [-0.25, -0.2) is 0 Å². The van der Waals surface area contributed by atoms with Crippen LogP contribution >= 0.6 is 27.5 Å². The minimum atomic E-state index is -3.22. The molecule has 2 heterocycles. The lowest BCUT2D eigenvalue weighted by molar-refractivity contribution is -0.0857. The van der Waals surface area contributed by atoms with Crippen LogP contribution in [0.15, 0.2) is 48.8 Å². The molecule has 0 saturated carbocycles. The van der Waals surface area contributed by atoms with Crippen molar-refractivity contribution >= 4 is 27.5 Å². The number of ether oxygens (including phenoxy) is 1. The van der Waals surface area contributed by atoms with Crippen LogP contribution < -0.4 is 0 Å².